The van der Waals surface area contributed by atoms with E-state index in [4.69, 9.17) is 24.7 Å². The van der Waals surface area contributed by atoms with Gasteiger partial charge in [0.05, 0.1) is 56.1 Å². The molecule has 12 aliphatic rings. The fourth-order valence-electron chi connectivity index (χ4n) is 17.3. The van der Waals surface area contributed by atoms with Gasteiger partial charge >= 0.3 is 5.97 Å². The molecule has 6 aliphatic heterocycles. The van der Waals surface area contributed by atoms with Crippen LogP contribution in [0.5, 0.6) is 17.2 Å². The molecule has 9 atom stereocenters. The number of benzene rings is 3. The van der Waals surface area contributed by atoms with Crippen LogP contribution in [0.2, 0.25) is 0 Å². The number of carboxylic acid groups (broad SMARTS) is 1. The van der Waals surface area contributed by atoms with Gasteiger partial charge in [-0.3, -0.25) is 38.4 Å². The van der Waals surface area contributed by atoms with Crippen molar-refractivity contribution < 1.29 is 89.4 Å². The smallest absolute Gasteiger partial charge is 0.341 e. The van der Waals surface area contributed by atoms with E-state index in [1.165, 1.54) is 63.7 Å². The van der Waals surface area contributed by atoms with Crippen LogP contribution in [0.3, 0.4) is 0 Å². The van der Waals surface area contributed by atoms with Crippen molar-refractivity contribution in [1.29, 1.82) is 0 Å². The first-order valence-corrected chi connectivity index (χ1v) is 34.9. The maximum Gasteiger partial charge on any atom is 0.341 e. The van der Waals surface area contributed by atoms with Gasteiger partial charge in [0, 0.05) is 77.1 Å². The largest absolute Gasteiger partial charge is 0.503 e. The third kappa shape index (κ3) is 11.9. The third-order valence-corrected chi connectivity index (χ3v) is 23.0. The average molecular weight is 1450 g/mol. The molecule has 9 heterocycles. The topological polar surface area (TPSA) is 326 Å². The Morgan fingerprint density at radius 2 is 0.837 bits per heavy atom. The van der Waals surface area contributed by atoms with Gasteiger partial charge < -0.3 is 79.0 Å². The van der Waals surface area contributed by atoms with Crippen LogP contribution in [-0.4, -0.2) is 141 Å². The van der Waals surface area contributed by atoms with Crippen LogP contribution in [0.15, 0.2) is 87.6 Å². The van der Waals surface area contributed by atoms with Gasteiger partial charge in [-0.15, -0.1) is 0 Å². The molecule has 18 rings (SSSR count). The first-order valence-electron chi connectivity index (χ1n) is 34.9. The number of halogens is 6. The Labute approximate surface area is 588 Å². The molecule has 3 unspecified atom stereocenters. The highest BCUT2D eigenvalue weighted by Crippen LogP contribution is 2.47. The van der Waals surface area contributed by atoms with Crippen LogP contribution < -0.4 is 37.4 Å². The van der Waals surface area contributed by atoms with Crippen LogP contribution in [-0.2, 0) is 50.5 Å². The lowest BCUT2D eigenvalue weighted by atomic mass is 9.71. The fraction of sp³-hybridized carbons (Fsp3) is 0.466. The fourth-order valence-corrected chi connectivity index (χ4v) is 17.3. The number of aromatic nitrogens is 3. The second-order valence-corrected chi connectivity index (χ2v) is 29.0. The second-order valence-electron chi connectivity index (χ2n) is 29.0. The van der Waals surface area contributed by atoms with Gasteiger partial charge in [0.2, 0.25) is 16.3 Å². The van der Waals surface area contributed by atoms with E-state index < -0.39 is 133 Å². The molecule has 7 N–H and O–H groups in total. The minimum Gasteiger partial charge on any atom is -0.503 e. The Hall–Kier alpha value is -9.85. The van der Waals surface area contributed by atoms with E-state index >= 15 is 0 Å². The summed E-state index contributed by atoms with van der Waals surface area (Å²) in [5, 5.41) is 36.0. The van der Waals surface area contributed by atoms with Gasteiger partial charge in [-0.05, 0) is 134 Å². The normalized spacial score (nSPS) is 26.0. The maximum atomic E-state index is 14.5. The molecule has 6 saturated carbocycles. The van der Waals surface area contributed by atoms with Crippen LogP contribution in [0.25, 0.3) is 0 Å². The summed E-state index contributed by atoms with van der Waals surface area (Å²) in [7, 11) is 1.26. The number of carbonyl (C=O) groups excluding carboxylic acids is 5. The molecule has 9 fully saturated rings. The van der Waals surface area contributed by atoms with Crippen LogP contribution in [0.4, 0.5) is 26.3 Å². The molecule has 3 saturated heterocycles. The first-order chi connectivity index (χ1) is 49.7. The number of hydrogen-bond donors (Lipinski definition) is 6. The Bertz CT molecular complexity index is 4610. The van der Waals surface area contributed by atoms with Gasteiger partial charge in [0.15, 0.2) is 53.0 Å². The molecule has 6 aliphatic carbocycles. The Kier molecular flexibility index (Phi) is 17.7. The molecule has 0 spiro atoms. The summed E-state index contributed by atoms with van der Waals surface area (Å²) in [4.78, 5) is 120. The zero-order chi connectivity index (χ0) is 73.3. The van der Waals surface area contributed by atoms with Gasteiger partial charge in [0.25, 0.3) is 29.5 Å². The number of nitrogens with one attached hydrogen (secondary N) is 2. The van der Waals surface area contributed by atoms with Crippen LogP contribution in [0.1, 0.15) is 195 Å². The third-order valence-electron chi connectivity index (χ3n) is 23.0. The lowest BCUT2D eigenvalue weighted by Crippen LogP contribution is -2.57. The van der Waals surface area contributed by atoms with Crippen molar-refractivity contribution >= 4 is 35.5 Å². The molecule has 31 heteroatoms. The Balaban J connectivity index is 0.000000117. The number of aromatic hydroxyl groups is 2. The number of rotatable bonds is 9. The number of amides is 5. The summed E-state index contributed by atoms with van der Waals surface area (Å²) in [5.74, 6) is -10.1. The summed E-state index contributed by atoms with van der Waals surface area (Å²) >= 11 is 0. The molecular weight excluding hydrogens is 1370 g/mol. The summed E-state index contributed by atoms with van der Waals surface area (Å²) < 4.78 is 109. The summed E-state index contributed by atoms with van der Waals surface area (Å²) in [6.07, 6.45) is 15.6. The minimum absolute atomic E-state index is 0.00607. The predicted octanol–water partition coefficient (Wildman–Crippen LogP) is 7.34. The van der Waals surface area contributed by atoms with Crippen molar-refractivity contribution in [3.63, 3.8) is 0 Å². The number of hydrogen-bond acceptors (Lipinski definition) is 16. The minimum atomic E-state index is -1.34. The number of pyridine rings is 3. The molecule has 3 aromatic heterocycles. The number of carbonyl (C=O) groups is 6. The van der Waals surface area contributed by atoms with Gasteiger partial charge in [-0.2, -0.15) is 0 Å². The second kappa shape index (κ2) is 26.4. The van der Waals surface area contributed by atoms with Crippen LogP contribution >= 0.6 is 0 Å². The van der Waals surface area contributed by atoms with Crippen molar-refractivity contribution in [2.24, 2.45) is 5.73 Å². The van der Waals surface area contributed by atoms with E-state index in [2.05, 4.69) is 10.6 Å². The number of methoxy groups -OCH3 is 1. The van der Waals surface area contributed by atoms with E-state index in [1.807, 2.05) is 0 Å². The van der Waals surface area contributed by atoms with E-state index in [0.29, 0.717) is 37.8 Å². The SMILES string of the molecule is COc1c2n(cc(C(=O)O)c1=O)CC1O[C@H]3CC[C@H](C3)N1C2=O.NC1(c2ccc(F)cc2F)CCC1.O=C(NC1(c2ccc(F)cc2F)CCC1)c1cn2c(c(O)c1=O)C(=O)N1C(C2)O[C@H]2CC[C@@H]1C2.O=C(NC1(c2ccc(F)cc2F)CCC1)c1cn2c(c(O)c1=O)C(=O)N1C(C2)O[C@H]2CC[C@@H]1C2. The summed E-state index contributed by atoms with van der Waals surface area (Å²) in [6, 6.07) is 10.1. The van der Waals surface area contributed by atoms with Crippen LogP contribution in [0, 0.1) is 34.9 Å². The Morgan fingerprint density at radius 1 is 0.490 bits per heavy atom. The lowest BCUT2D eigenvalue weighted by molar-refractivity contribution is -0.132. The number of nitrogens with two attached hydrogens (primary N) is 1. The number of nitrogens with zero attached hydrogens (tertiary/aromatic N) is 6. The van der Waals surface area contributed by atoms with Crippen molar-refractivity contribution in [1.82, 2.24) is 39.0 Å². The predicted molar refractivity (Wildman–Crippen MR) is 351 cm³/mol. The maximum absolute atomic E-state index is 14.5. The highest BCUT2D eigenvalue weighted by Gasteiger charge is 2.53. The van der Waals surface area contributed by atoms with Crippen molar-refractivity contribution in [2.75, 3.05) is 7.11 Å². The molecule has 6 bridgehead atoms. The van der Waals surface area contributed by atoms with E-state index in [1.54, 1.807) is 14.7 Å². The van der Waals surface area contributed by atoms with Crippen molar-refractivity contribution in [3.8, 4) is 17.2 Å². The molecule has 5 amide bonds. The lowest BCUT2D eigenvalue weighted by Gasteiger charge is -2.44. The zero-order valence-corrected chi connectivity index (χ0v) is 56.2. The van der Waals surface area contributed by atoms with E-state index in [9.17, 15) is 84.8 Å². The quantitative estimate of drug-likeness (QED) is 0.0771. The first kappa shape index (κ1) is 69.8. The van der Waals surface area contributed by atoms with Gasteiger partial charge in [-0.1, -0.05) is 18.2 Å². The van der Waals surface area contributed by atoms with Crippen molar-refractivity contribution in [2.45, 2.75) is 207 Å². The number of ether oxygens (including phenoxy) is 4. The highest BCUT2D eigenvalue weighted by molar-refractivity contribution is 6.01. The van der Waals surface area contributed by atoms with E-state index in [-0.39, 0.29) is 101 Å². The Morgan fingerprint density at radius 3 is 1.16 bits per heavy atom. The summed E-state index contributed by atoms with van der Waals surface area (Å²) in [5.41, 5.74) is -0.0773. The van der Waals surface area contributed by atoms with Gasteiger partial charge in [0.1, 0.15) is 51.6 Å². The molecular formula is C73H73F6N9O16. The molecule has 6 aromatic rings. The van der Waals surface area contributed by atoms with E-state index in [0.717, 1.165) is 120 Å². The molecule has 0 radical (unpaired) electrons. The van der Waals surface area contributed by atoms with Gasteiger partial charge in [-0.25, -0.2) is 31.1 Å². The zero-order valence-electron chi connectivity index (χ0n) is 56.2. The summed E-state index contributed by atoms with van der Waals surface area (Å²) in [6.45, 7) is 0.658. The molecule has 25 nitrogen and oxygen atoms in total. The number of fused-ring (bicyclic) bond motifs is 15. The van der Waals surface area contributed by atoms with Crippen molar-refractivity contribution in [3.05, 3.63) is 189 Å². The standard InChI is InChI=1S/2C24H23F2N3O5.C15H16N2O6.C10H11F2N/c2*25-12-2-5-16(17(26)8-12)24(6-1-7-24)27-22(32)15-10-28-11-18-29(13-3-4-14(9-13)34-18)23(33)19(28)21(31)20(15)30;1-22-13-11-14(19)17-7-2-3-8(4-7)23-10(17)6-16(11)5-9(12(13)18)15(20)21;11-7-2-3-8(9(12)6-7)10(13)4-1-5-10/h2*2,5,8,10,13-14,18,31H,1,3-4,6-7,9,11H2,(H,27,32);5,7-8,10H,2-4,6H2,1H3,(H,20,21);2-3,6H,1,4-5,13H2/t2*13-,14+,18?;7-,8+,10?;/m111./s1. The average Bonchev–Trinajstić information content (AvgIpc) is 1.29. The highest BCUT2D eigenvalue weighted by atomic mass is 19.2. The molecule has 548 valence electrons. The number of aromatic carboxylic acids is 1. The number of carboxylic acids is 1. The molecule has 3 aromatic carbocycles. The monoisotopic (exact) mass is 1450 g/mol. The molecule has 104 heavy (non-hydrogen) atoms.